The van der Waals surface area contributed by atoms with E-state index in [1.54, 1.807) is 25.4 Å². The van der Waals surface area contributed by atoms with Crippen LogP contribution in [0.2, 0.25) is 0 Å². The Morgan fingerprint density at radius 3 is 2.47 bits per heavy atom. The Labute approximate surface area is 222 Å². The first-order valence-electron chi connectivity index (χ1n) is 12.9. The molecule has 3 atom stereocenters. The second-order valence-electron chi connectivity index (χ2n) is 9.74. The highest BCUT2D eigenvalue weighted by Crippen LogP contribution is 2.34. The number of amides is 2. The van der Waals surface area contributed by atoms with Crippen molar-refractivity contribution >= 4 is 29.4 Å². The molecular formula is C30H32N4O4. The maximum absolute atomic E-state index is 12.9. The molecule has 0 spiro atoms. The number of morpholine rings is 1. The molecule has 196 valence electrons. The third kappa shape index (κ3) is 5.70. The molecule has 1 aliphatic heterocycles. The van der Waals surface area contributed by atoms with Crippen molar-refractivity contribution in [3.8, 4) is 11.5 Å². The summed E-state index contributed by atoms with van der Waals surface area (Å²) in [6.07, 6.45) is 6.61. The topological polar surface area (TPSA) is 92.8 Å². The van der Waals surface area contributed by atoms with Crippen molar-refractivity contribution < 1.29 is 19.1 Å². The number of ether oxygens (including phenoxy) is 2. The highest BCUT2D eigenvalue weighted by atomic mass is 16.5. The van der Waals surface area contributed by atoms with Crippen LogP contribution in [-0.2, 0) is 9.53 Å². The standard InChI is InChI=1S/C30H32N4O4/c1-19-17-34(18-20(2)37-19)23-9-7-21(8-10-23)29(35)33-28-16-25(13-14-32-28)38-24-11-12-26-22(15-24)5-4-6-27(26)30(36)31-3/h4-5,7-16,19-20,27H,6,17-18H2,1-3H3,(H,31,36)(H,32,33,35). The fourth-order valence-electron chi connectivity index (χ4n) is 5.04. The minimum Gasteiger partial charge on any atom is -0.457 e. The van der Waals surface area contributed by atoms with E-state index >= 15 is 0 Å². The summed E-state index contributed by atoms with van der Waals surface area (Å²) in [6.45, 7) is 5.78. The molecule has 3 aromatic rings. The molecule has 8 heteroatoms. The number of rotatable bonds is 6. The fraction of sp³-hybridized carbons (Fsp3) is 0.300. The summed E-state index contributed by atoms with van der Waals surface area (Å²) >= 11 is 0. The Morgan fingerprint density at radius 1 is 1.00 bits per heavy atom. The first-order chi connectivity index (χ1) is 18.4. The molecule has 5 rings (SSSR count). The maximum Gasteiger partial charge on any atom is 0.256 e. The lowest BCUT2D eigenvalue weighted by molar-refractivity contribution is -0.122. The van der Waals surface area contributed by atoms with Crippen LogP contribution in [0.3, 0.4) is 0 Å². The molecule has 2 heterocycles. The van der Waals surface area contributed by atoms with Gasteiger partial charge in [0.25, 0.3) is 5.91 Å². The average Bonchev–Trinajstić information content (AvgIpc) is 2.92. The van der Waals surface area contributed by atoms with Gasteiger partial charge in [-0.05, 0) is 73.9 Å². The van der Waals surface area contributed by atoms with Crippen LogP contribution >= 0.6 is 0 Å². The first kappa shape index (κ1) is 25.5. The van der Waals surface area contributed by atoms with Gasteiger partial charge in [0.05, 0.1) is 18.1 Å². The lowest BCUT2D eigenvalue weighted by Gasteiger charge is -2.36. The summed E-state index contributed by atoms with van der Waals surface area (Å²) in [5.74, 6) is 1.13. The van der Waals surface area contributed by atoms with E-state index in [-0.39, 0.29) is 29.9 Å². The number of hydrogen-bond donors (Lipinski definition) is 2. The molecule has 1 aromatic heterocycles. The van der Waals surface area contributed by atoms with Crippen LogP contribution in [0.1, 0.15) is 47.7 Å². The number of nitrogens with zero attached hydrogens (tertiary/aromatic N) is 2. The zero-order valence-corrected chi connectivity index (χ0v) is 21.8. The number of allylic oxidation sites excluding steroid dienone is 1. The number of carbonyl (C=O) groups excluding carboxylic acids is 2. The van der Waals surface area contributed by atoms with Crippen LogP contribution in [0.5, 0.6) is 11.5 Å². The molecule has 2 aliphatic rings. The Balaban J connectivity index is 1.24. The summed E-state index contributed by atoms with van der Waals surface area (Å²) in [4.78, 5) is 31.7. The molecule has 0 radical (unpaired) electrons. The maximum atomic E-state index is 12.9. The number of hydrogen-bond acceptors (Lipinski definition) is 6. The van der Waals surface area contributed by atoms with E-state index in [2.05, 4.69) is 34.4 Å². The Bertz CT molecular complexity index is 1340. The fourth-order valence-corrected chi connectivity index (χ4v) is 5.04. The minimum absolute atomic E-state index is 0.00119. The molecule has 2 aromatic carbocycles. The zero-order chi connectivity index (χ0) is 26.6. The Hall–Kier alpha value is -4.17. The molecule has 1 aliphatic carbocycles. The number of benzene rings is 2. The predicted octanol–water partition coefficient (Wildman–Crippen LogP) is 4.99. The van der Waals surface area contributed by atoms with Gasteiger partial charge in [0.2, 0.25) is 5.91 Å². The number of nitrogens with one attached hydrogen (secondary N) is 2. The van der Waals surface area contributed by atoms with Crippen LogP contribution in [0.4, 0.5) is 11.5 Å². The molecular weight excluding hydrogens is 480 g/mol. The van der Waals surface area contributed by atoms with Gasteiger partial charge in [-0.3, -0.25) is 9.59 Å². The normalized spacial score (nSPS) is 20.4. The van der Waals surface area contributed by atoms with Gasteiger partial charge in [-0.1, -0.05) is 18.2 Å². The summed E-state index contributed by atoms with van der Waals surface area (Å²) in [5, 5.41) is 5.59. The van der Waals surface area contributed by atoms with Crippen LogP contribution in [0.15, 0.2) is 66.9 Å². The number of likely N-dealkylation sites (N-methyl/N-ethyl adjacent to an activating group) is 1. The van der Waals surface area contributed by atoms with E-state index in [9.17, 15) is 9.59 Å². The molecule has 8 nitrogen and oxygen atoms in total. The summed E-state index contributed by atoms with van der Waals surface area (Å²) in [7, 11) is 1.65. The van der Waals surface area contributed by atoms with E-state index in [1.165, 1.54) is 0 Å². The van der Waals surface area contributed by atoms with E-state index in [4.69, 9.17) is 9.47 Å². The third-order valence-electron chi connectivity index (χ3n) is 6.79. The highest BCUT2D eigenvalue weighted by molar-refractivity contribution is 6.04. The Morgan fingerprint density at radius 2 is 1.74 bits per heavy atom. The number of pyridine rings is 1. The van der Waals surface area contributed by atoms with Crippen LogP contribution in [-0.4, -0.2) is 49.1 Å². The van der Waals surface area contributed by atoms with Crippen LogP contribution < -0.4 is 20.3 Å². The second-order valence-corrected chi connectivity index (χ2v) is 9.74. The van der Waals surface area contributed by atoms with Gasteiger partial charge in [0.1, 0.15) is 17.3 Å². The monoisotopic (exact) mass is 512 g/mol. The van der Waals surface area contributed by atoms with E-state index < -0.39 is 0 Å². The van der Waals surface area contributed by atoms with Gasteiger partial charge in [-0.15, -0.1) is 0 Å². The summed E-state index contributed by atoms with van der Waals surface area (Å²) in [6, 6.07) is 16.7. The zero-order valence-electron chi connectivity index (χ0n) is 21.8. The average molecular weight is 513 g/mol. The molecule has 3 unspecified atom stereocenters. The van der Waals surface area contributed by atoms with Gasteiger partial charge in [-0.25, -0.2) is 4.98 Å². The van der Waals surface area contributed by atoms with Gasteiger partial charge in [0, 0.05) is 43.7 Å². The van der Waals surface area contributed by atoms with Crippen molar-refractivity contribution in [1.29, 1.82) is 0 Å². The van der Waals surface area contributed by atoms with Crippen molar-refractivity contribution in [1.82, 2.24) is 10.3 Å². The second kappa shape index (κ2) is 11.1. The molecule has 38 heavy (non-hydrogen) atoms. The number of anilines is 2. The lowest BCUT2D eigenvalue weighted by atomic mass is 9.86. The van der Waals surface area contributed by atoms with Gasteiger partial charge < -0.3 is 25.0 Å². The van der Waals surface area contributed by atoms with E-state index in [0.717, 1.165) is 29.9 Å². The molecule has 1 fully saturated rings. The molecule has 2 amide bonds. The van der Waals surface area contributed by atoms with Gasteiger partial charge in [0.15, 0.2) is 0 Å². The number of carbonyl (C=O) groups is 2. The first-order valence-corrected chi connectivity index (χ1v) is 12.9. The van der Waals surface area contributed by atoms with Crippen LogP contribution in [0, 0.1) is 0 Å². The SMILES string of the molecule is CNC(=O)C1CC=Cc2cc(Oc3ccnc(NC(=O)c4ccc(N5CC(C)OC(C)C5)cc4)c3)ccc21. The lowest BCUT2D eigenvalue weighted by Crippen LogP contribution is -2.45. The van der Waals surface area contributed by atoms with Crippen molar-refractivity contribution in [3.63, 3.8) is 0 Å². The molecule has 2 N–H and O–H groups in total. The van der Waals surface area contributed by atoms with E-state index in [0.29, 0.717) is 29.3 Å². The Kier molecular flexibility index (Phi) is 7.42. The number of aromatic nitrogens is 1. The largest absolute Gasteiger partial charge is 0.457 e. The molecule has 1 saturated heterocycles. The third-order valence-corrected chi connectivity index (χ3v) is 6.79. The van der Waals surface area contributed by atoms with Crippen molar-refractivity contribution in [2.45, 2.75) is 38.4 Å². The van der Waals surface area contributed by atoms with Crippen LogP contribution in [0.25, 0.3) is 6.08 Å². The van der Waals surface area contributed by atoms with E-state index in [1.807, 2.05) is 54.6 Å². The van der Waals surface area contributed by atoms with Crippen molar-refractivity contribution in [3.05, 3.63) is 83.6 Å². The van der Waals surface area contributed by atoms with Gasteiger partial charge >= 0.3 is 0 Å². The van der Waals surface area contributed by atoms with Crippen molar-refractivity contribution in [2.75, 3.05) is 30.4 Å². The molecule has 0 saturated carbocycles. The predicted molar refractivity (Wildman–Crippen MR) is 148 cm³/mol. The van der Waals surface area contributed by atoms with Gasteiger partial charge in [-0.2, -0.15) is 0 Å². The summed E-state index contributed by atoms with van der Waals surface area (Å²) in [5.41, 5.74) is 3.54. The molecule has 0 bridgehead atoms. The number of fused-ring (bicyclic) bond motifs is 1. The quantitative estimate of drug-likeness (QED) is 0.484. The summed E-state index contributed by atoms with van der Waals surface area (Å²) < 4.78 is 11.9. The van der Waals surface area contributed by atoms with Crippen molar-refractivity contribution in [2.24, 2.45) is 0 Å². The minimum atomic E-state index is -0.246. The highest BCUT2D eigenvalue weighted by Gasteiger charge is 2.24. The smallest absolute Gasteiger partial charge is 0.256 e.